The second-order valence-electron chi connectivity index (χ2n) is 7.36. The highest BCUT2D eigenvalue weighted by Crippen LogP contribution is 2.37. The second kappa shape index (κ2) is 8.48. The van der Waals surface area contributed by atoms with Crippen LogP contribution in [0.2, 0.25) is 0 Å². The lowest BCUT2D eigenvalue weighted by Crippen LogP contribution is -2.27. The van der Waals surface area contributed by atoms with Crippen LogP contribution in [0.25, 0.3) is 20.7 Å². The predicted molar refractivity (Wildman–Crippen MR) is 113 cm³/mol. The summed E-state index contributed by atoms with van der Waals surface area (Å²) in [6.45, 7) is 9.11. The highest BCUT2D eigenvalue weighted by atomic mass is 32.1. The lowest BCUT2D eigenvalue weighted by molar-refractivity contribution is 0.0952. The molecule has 0 aromatic carbocycles. The van der Waals surface area contributed by atoms with Gasteiger partial charge in [0, 0.05) is 47.0 Å². The number of thiophene rings is 1. The van der Waals surface area contributed by atoms with Crippen molar-refractivity contribution in [1.29, 1.82) is 0 Å². The minimum atomic E-state index is -0.0812. The number of nitrogens with one attached hydrogen (secondary N) is 2. The van der Waals surface area contributed by atoms with Gasteiger partial charge in [-0.3, -0.25) is 9.78 Å². The van der Waals surface area contributed by atoms with E-state index < -0.39 is 0 Å². The number of amides is 1. The van der Waals surface area contributed by atoms with Gasteiger partial charge in [-0.25, -0.2) is 4.98 Å². The zero-order chi connectivity index (χ0) is 19.4. The quantitative estimate of drug-likeness (QED) is 0.606. The third kappa shape index (κ3) is 4.63. The number of pyridine rings is 2. The van der Waals surface area contributed by atoms with E-state index in [1.165, 1.54) is 0 Å². The van der Waals surface area contributed by atoms with Gasteiger partial charge >= 0.3 is 0 Å². The lowest BCUT2D eigenvalue weighted by Gasteiger charge is -2.16. The zero-order valence-electron chi connectivity index (χ0n) is 16.2. The molecule has 3 heterocycles. The number of rotatable bonds is 7. The Bertz CT molecular complexity index is 919. The highest BCUT2D eigenvalue weighted by Gasteiger charge is 2.18. The van der Waals surface area contributed by atoms with E-state index in [9.17, 15) is 4.79 Å². The Morgan fingerprint density at radius 3 is 2.70 bits per heavy atom. The van der Waals surface area contributed by atoms with Crippen molar-refractivity contribution in [3.63, 3.8) is 0 Å². The number of nitrogens with zero attached hydrogens (tertiary/aromatic N) is 2. The van der Waals surface area contributed by atoms with Crippen molar-refractivity contribution in [2.75, 3.05) is 11.9 Å². The summed E-state index contributed by atoms with van der Waals surface area (Å²) >= 11 is 1.61. The number of carbonyl (C=O) groups is 1. The molecule has 27 heavy (non-hydrogen) atoms. The van der Waals surface area contributed by atoms with Gasteiger partial charge in [0.1, 0.15) is 4.83 Å². The maximum Gasteiger partial charge on any atom is 0.254 e. The van der Waals surface area contributed by atoms with E-state index >= 15 is 0 Å². The molecule has 3 aromatic rings. The average Bonchev–Trinajstić information content (AvgIpc) is 3.06. The van der Waals surface area contributed by atoms with Gasteiger partial charge in [-0.15, -0.1) is 11.3 Å². The minimum absolute atomic E-state index is 0.0812. The highest BCUT2D eigenvalue weighted by molar-refractivity contribution is 7.21. The molecule has 0 aliphatic rings. The first-order chi connectivity index (χ1) is 13.0. The molecular formula is C21H26N4OS. The molecule has 5 nitrogen and oxygen atoms in total. The largest absolute Gasteiger partial charge is 0.382 e. The van der Waals surface area contributed by atoms with E-state index in [1.54, 1.807) is 23.7 Å². The van der Waals surface area contributed by atoms with Crippen molar-refractivity contribution in [1.82, 2.24) is 15.3 Å². The SMILES string of the molecule is CC(C)CCNC(=O)c1cnc2sc(-c3cccnc3)cc2c1NC(C)C. The van der Waals surface area contributed by atoms with Crippen molar-refractivity contribution in [3.8, 4) is 10.4 Å². The Labute approximate surface area is 164 Å². The Kier molecular flexibility index (Phi) is 6.06. The molecule has 0 atom stereocenters. The lowest BCUT2D eigenvalue weighted by atomic mass is 10.1. The molecule has 3 rings (SSSR count). The molecule has 1 amide bonds. The normalized spacial score (nSPS) is 11.3. The van der Waals surface area contributed by atoms with E-state index in [4.69, 9.17) is 0 Å². The third-order valence-electron chi connectivity index (χ3n) is 4.19. The second-order valence-corrected chi connectivity index (χ2v) is 8.39. The summed E-state index contributed by atoms with van der Waals surface area (Å²) in [6.07, 6.45) is 6.25. The Hall–Kier alpha value is -2.47. The monoisotopic (exact) mass is 382 g/mol. The smallest absolute Gasteiger partial charge is 0.254 e. The predicted octanol–water partition coefficient (Wildman–Crippen LogP) is 4.95. The molecular weight excluding hydrogens is 356 g/mol. The van der Waals surface area contributed by atoms with Gasteiger partial charge in [0.25, 0.3) is 5.91 Å². The first-order valence-electron chi connectivity index (χ1n) is 9.33. The molecule has 0 aliphatic heterocycles. The standard InChI is InChI=1S/C21H26N4OS/c1-13(2)7-9-23-20(26)17-12-24-21-16(19(17)25-14(3)4)10-18(27-21)15-6-5-8-22-11-15/h5-6,8,10-14H,7,9H2,1-4H3,(H,23,26)(H,24,25). The third-order valence-corrected chi connectivity index (χ3v) is 5.29. The van der Waals surface area contributed by atoms with Gasteiger partial charge in [0.2, 0.25) is 0 Å². The van der Waals surface area contributed by atoms with Crippen molar-refractivity contribution in [2.24, 2.45) is 5.92 Å². The molecule has 0 saturated heterocycles. The first-order valence-corrected chi connectivity index (χ1v) is 10.1. The average molecular weight is 383 g/mol. The summed E-state index contributed by atoms with van der Waals surface area (Å²) < 4.78 is 0. The van der Waals surface area contributed by atoms with Crippen LogP contribution in [0.3, 0.4) is 0 Å². The molecule has 2 N–H and O–H groups in total. The van der Waals surface area contributed by atoms with E-state index in [-0.39, 0.29) is 11.9 Å². The van der Waals surface area contributed by atoms with Crippen molar-refractivity contribution >= 4 is 33.1 Å². The molecule has 0 unspecified atom stereocenters. The number of hydrogen-bond acceptors (Lipinski definition) is 5. The fourth-order valence-electron chi connectivity index (χ4n) is 2.83. The molecule has 0 saturated carbocycles. The Balaban J connectivity index is 1.99. The van der Waals surface area contributed by atoms with Gasteiger partial charge in [-0.05, 0) is 38.3 Å². The summed E-state index contributed by atoms with van der Waals surface area (Å²) in [6, 6.07) is 6.26. The van der Waals surface area contributed by atoms with Gasteiger partial charge in [0.05, 0.1) is 11.3 Å². The van der Waals surface area contributed by atoms with Crippen molar-refractivity contribution < 1.29 is 4.79 Å². The molecule has 3 aromatic heterocycles. The fourth-order valence-corrected chi connectivity index (χ4v) is 3.83. The molecule has 0 fully saturated rings. The summed E-state index contributed by atoms with van der Waals surface area (Å²) in [5, 5.41) is 7.45. The van der Waals surface area contributed by atoms with E-state index in [0.717, 1.165) is 32.8 Å². The van der Waals surface area contributed by atoms with Crippen LogP contribution in [0, 0.1) is 5.92 Å². The molecule has 0 radical (unpaired) electrons. The molecule has 142 valence electrons. The Morgan fingerprint density at radius 1 is 1.22 bits per heavy atom. The van der Waals surface area contributed by atoms with Crippen LogP contribution >= 0.6 is 11.3 Å². The summed E-state index contributed by atoms with van der Waals surface area (Å²) in [4.78, 5) is 23.5. The van der Waals surface area contributed by atoms with Crippen LogP contribution in [0.4, 0.5) is 5.69 Å². The van der Waals surface area contributed by atoms with Crippen LogP contribution in [0.5, 0.6) is 0 Å². The van der Waals surface area contributed by atoms with Crippen LogP contribution in [0.15, 0.2) is 36.8 Å². The van der Waals surface area contributed by atoms with Crippen LogP contribution in [0.1, 0.15) is 44.5 Å². The van der Waals surface area contributed by atoms with E-state index in [2.05, 4.69) is 54.4 Å². The number of anilines is 1. The van der Waals surface area contributed by atoms with Gasteiger partial charge in [0.15, 0.2) is 0 Å². The number of carbonyl (C=O) groups excluding carboxylic acids is 1. The van der Waals surface area contributed by atoms with Crippen molar-refractivity contribution in [3.05, 3.63) is 42.4 Å². The van der Waals surface area contributed by atoms with E-state index in [1.807, 2.05) is 18.3 Å². The maximum absolute atomic E-state index is 12.8. The summed E-state index contributed by atoms with van der Waals surface area (Å²) in [7, 11) is 0. The fraction of sp³-hybridized carbons (Fsp3) is 0.381. The van der Waals surface area contributed by atoms with Crippen molar-refractivity contribution in [2.45, 2.75) is 40.2 Å². The van der Waals surface area contributed by atoms with Crippen LogP contribution in [-0.4, -0.2) is 28.5 Å². The molecule has 0 spiro atoms. The summed E-state index contributed by atoms with van der Waals surface area (Å²) in [5.41, 5.74) is 2.50. The molecule has 0 aliphatic carbocycles. The Morgan fingerprint density at radius 2 is 2.04 bits per heavy atom. The number of aromatic nitrogens is 2. The van der Waals surface area contributed by atoms with Gasteiger partial charge in [-0.1, -0.05) is 19.9 Å². The maximum atomic E-state index is 12.8. The van der Waals surface area contributed by atoms with Crippen LogP contribution in [-0.2, 0) is 0 Å². The first kappa shape index (κ1) is 19.3. The zero-order valence-corrected chi connectivity index (χ0v) is 17.1. The number of fused-ring (bicyclic) bond motifs is 1. The molecule has 0 bridgehead atoms. The summed E-state index contributed by atoms with van der Waals surface area (Å²) in [5.74, 6) is 0.473. The topological polar surface area (TPSA) is 66.9 Å². The molecule has 6 heteroatoms. The van der Waals surface area contributed by atoms with Gasteiger partial charge < -0.3 is 10.6 Å². The van der Waals surface area contributed by atoms with Gasteiger partial charge in [-0.2, -0.15) is 0 Å². The van der Waals surface area contributed by atoms with Crippen LogP contribution < -0.4 is 10.6 Å². The minimum Gasteiger partial charge on any atom is -0.382 e. The van der Waals surface area contributed by atoms with E-state index in [0.29, 0.717) is 18.0 Å². The number of hydrogen-bond donors (Lipinski definition) is 2.